The Morgan fingerprint density at radius 3 is 2.90 bits per heavy atom. The first kappa shape index (κ1) is 13.3. The van der Waals surface area contributed by atoms with Crippen LogP contribution in [0.2, 0.25) is 0 Å². The molecule has 0 fully saturated rings. The lowest BCUT2D eigenvalue weighted by atomic mass is 9.94. The van der Waals surface area contributed by atoms with Crippen molar-refractivity contribution in [2.24, 2.45) is 0 Å². The molecule has 0 radical (unpaired) electrons. The number of fused-ring (bicyclic) bond motifs is 3. The van der Waals surface area contributed by atoms with E-state index in [1.54, 1.807) is 0 Å². The third-order valence-corrected chi connectivity index (χ3v) is 4.02. The minimum Gasteiger partial charge on any atom is -0.394 e. The maximum absolute atomic E-state index is 12.3. The maximum atomic E-state index is 12.3. The second-order valence-electron chi connectivity index (χ2n) is 5.57. The maximum Gasteiger partial charge on any atom is 0.179 e. The first-order chi connectivity index (χ1) is 9.61. The van der Waals surface area contributed by atoms with Crippen LogP contribution >= 0.6 is 0 Å². The van der Waals surface area contributed by atoms with Gasteiger partial charge in [0.1, 0.15) is 0 Å². The third-order valence-electron chi connectivity index (χ3n) is 4.02. The van der Waals surface area contributed by atoms with E-state index in [1.807, 2.05) is 23.6 Å². The monoisotopic (exact) mass is 273 g/mol. The van der Waals surface area contributed by atoms with Crippen LogP contribution in [0.25, 0.3) is 10.9 Å². The standard InChI is InChI=1S/C16H19NO3/c1-10-5-6-14-13(7-10)12-3-2-4-15(20)16(12)17(14)8-11(19)9-18/h5-7,11,18-19H,2-4,8-9H2,1H3/t11-/m0/s1. The van der Waals surface area contributed by atoms with Crippen LogP contribution in [0.5, 0.6) is 0 Å². The average Bonchev–Trinajstić information content (AvgIpc) is 2.74. The van der Waals surface area contributed by atoms with Gasteiger partial charge in [-0.2, -0.15) is 0 Å². The summed E-state index contributed by atoms with van der Waals surface area (Å²) in [6, 6.07) is 6.12. The highest BCUT2D eigenvalue weighted by Gasteiger charge is 2.26. The van der Waals surface area contributed by atoms with Crippen molar-refractivity contribution in [2.75, 3.05) is 6.61 Å². The van der Waals surface area contributed by atoms with Crippen LogP contribution in [0.4, 0.5) is 0 Å². The van der Waals surface area contributed by atoms with E-state index < -0.39 is 6.10 Å². The lowest BCUT2D eigenvalue weighted by Crippen LogP contribution is -2.23. The summed E-state index contributed by atoms with van der Waals surface area (Å²) in [5.74, 6) is 0.144. The van der Waals surface area contributed by atoms with Crippen LogP contribution in [-0.2, 0) is 13.0 Å². The quantitative estimate of drug-likeness (QED) is 0.896. The Hall–Kier alpha value is -1.65. The molecule has 1 aromatic heterocycles. The summed E-state index contributed by atoms with van der Waals surface area (Å²) in [4.78, 5) is 12.3. The fourth-order valence-corrected chi connectivity index (χ4v) is 3.11. The fraction of sp³-hybridized carbons (Fsp3) is 0.438. The Morgan fingerprint density at radius 1 is 1.35 bits per heavy atom. The van der Waals surface area contributed by atoms with Gasteiger partial charge in [-0.25, -0.2) is 0 Å². The third kappa shape index (κ3) is 2.05. The number of carbonyl (C=O) groups is 1. The number of ketones is 1. The molecule has 1 aromatic carbocycles. The molecule has 1 aliphatic carbocycles. The highest BCUT2D eigenvalue weighted by Crippen LogP contribution is 2.33. The van der Waals surface area contributed by atoms with Crippen molar-refractivity contribution < 1.29 is 15.0 Å². The molecule has 0 bridgehead atoms. The summed E-state index contributed by atoms with van der Waals surface area (Å²) in [7, 11) is 0. The predicted octanol–water partition coefficient (Wildman–Crippen LogP) is 1.82. The summed E-state index contributed by atoms with van der Waals surface area (Å²) in [6.45, 7) is 2.00. The molecule has 0 saturated carbocycles. The topological polar surface area (TPSA) is 62.5 Å². The average molecular weight is 273 g/mol. The number of rotatable bonds is 3. The number of aliphatic hydroxyl groups is 2. The summed E-state index contributed by atoms with van der Waals surface area (Å²) in [5, 5.41) is 19.9. The molecule has 1 aliphatic rings. The van der Waals surface area contributed by atoms with Crippen molar-refractivity contribution in [2.45, 2.75) is 38.8 Å². The van der Waals surface area contributed by atoms with E-state index in [0.717, 1.165) is 40.6 Å². The lowest BCUT2D eigenvalue weighted by molar-refractivity contribution is 0.0798. The van der Waals surface area contributed by atoms with Crippen LogP contribution in [0, 0.1) is 6.92 Å². The minimum atomic E-state index is -0.842. The van der Waals surface area contributed by atoms with Crippen molar-refractivity contribution in [3.8, 4) is 0 Å². The van der Waals surface area contributed by atoms with Crippen molar-refractivity contribution in [3.05, 3.63) is 35.0 Å². The minimum absolute atomic E-state index is 0.144. The van der Waals surface area contributed by atoms with Crippen LogP contribution in [0.3, 0.4) is 0 Å². The highest BCUT2D eigenvalue weighted by atomic mass is 16.3. The normalized spacial score (nSPS) is 16.4. The van der Waals surface area contributed by atoms with E-state index in [-0.39, 0.29) is 18.9 Å². The van der Waals surface area contributed by atoms with Gasteiger partial charge in [0.15, 0.2) is 5.78 Å². The zero-order chi connectivity index (χ0) is 14.3. The Bertz CT molecular complexity index is 672. The Labute approximate surface area is 117 Å². The van der Waals surface area contributed by atoms with Gasteiger partial charge in [-0.3, -0.25) is 4.79 Å². The predicted molar refractivity (Wildman–Crippen MR) is 77.0 cm³/mol. The molecule has 2 N–H and O–H groups in total. The summed E-state index contributed by atoms with van der Waals surface area (Å²) in [6.07, 6.45) is 1.52. The molecular formula is C16H19NO3. The van der Waals surface area contributed by atoms with Gasteiger partial charge >= 0.3 is 0 Å². The number of aromatic nitrogens is 1. The van der Waals surface area contributed by atoms with E-state index in [2.05, 4.69) is 6.07 Å². The van der Waals surface area contributed by atoms with Gasteiger partial charge in [0.2, 0.25) is 0 Å². The van der Waals surface area contributed by atoms with Gasteiger partial charge in [-0.05, 0) is 37.5 Å². The number of Topliss-reactive ketones (excluding diaryl/α,β-unsaturated/α-hetero) is 1. The SMILES string of the molecule is Cc1ccc2c(c1)c1c(n2C[C@H](O)CO)C(=O)CCC1. The molecule has 0 amide bonds. The molecule has 0 saturated heterocycles. The van der Waals surface area contributed by atoms with Gasteiger partial charge in [0.05, 0.1) is 24.9 Å². The van der Waals surface area contributed by atoms with Crippen LogP contribution in [0.15, 0.2) is 18.2 Å². The number of nitrogens with zero attached hydrogens (tertiary/aromatic N) is 1. The second-order valence-corrected chi connectivity index (χ2v) is 5.57. The van der Waals surface area contributed by atoms with Crippen LogP contribution < -0.4 is 0 Å². The molecule has 3 rings (SSSR count). The van der Waals surface area contributed by atoms with Gasteiger partial charge in [0.25, 0.3) is 0 Å². The molecule has 4 heteroatoms. The molecule has 0 spiro atoms. The molecule has 106 valence electrons. The van der Waals surface area contributed by atoms with Crippen molar-refractivity contribution in [1.82, 2.24) is 4.57 Å². The molecule has 4 nitrogen and oxygen atoms in total. The fourth-order valence-electron chi connectivity index (χ4n) is 3.11. The van der Waals surface area contributed by atoms with Crippen LogP contribution in [-0.4, -0.2) is 33.3 Å². The van der Waals surface area contributed by atoms with E-state index in [1.165, 1.54) is 0 Å². The van der Waals surface area contributed by atoms with E-state index >= 15 is 0 Å². The molecule has 1 heterocycles. The summed E-state index contributed by atoms with van der Waals surface area (Å²) in [5.41, 5.74) is 3.97. The van der Waals surface area contributed by atoms with E-state index in [9.17, 15) is 9.90 Å². The number of aryl methyl sites for hydroxylation is 2. The second kappa shape index (κ2) is 5.04. The number of carbonyl (C=O) groups excluding carboxylic acids is 1. The van der Waals surface area contributed by atoms with Crippen molar-refractivity contribution in [1.29, 1.82) is 0 Å². The van der Waals surface area contributed by atoms with E-state index in [4.69, 9.17) is 5.11 Å². The molecule has 1 atom stereocenters. The molecular weight excluding hydrogens is 254 g/mol. The number of aliphatic hydroxyl groups excluding tert-OH is 2. The lowest BCUT2D eigenvalue weighted by Gasteiger charge is -2.16. The van der Waals surface area contributed by atoms with Gasteiger partial charge in [0, 0.05) is 17.3 Å². The Morgan fingerprint density at radius 2 is 2.15 bits per heavy atom. The van der Waals surface area contributed by atoms with E-state index in [0.29, 0.717) is 6.42 Å². The first-order valence-corrected chi connectivity index (χ1v) is 7.05. The van der Waals surface area contributed by atoms with Crippen LogP contribution in [0.1, 0.15) is 34.5 Å². The summed E-state index contributed by atoms with van der Waals surface area (Å²) >= 11 is 0. The Balaban J connectivity index is 2.25. The largest absolute Gasteiger partial charge is 0.394 e. The number of hydrogen-bond donors (Lipinski definition) is 2. The van der Waals surface area contributed by atoms with Crippen molar-refractivity contribution >= 4 is 16.7 Å². The van der Waals surface area contributed by atoms with Gasteiger partial charge in [-0.15, -0.1) is 0 Å². The number of benzene rings is 1. The first-order valence-electron chi connectivity index (χ1n) is 7.05. The Kier molecular flexibility index (Phi) is 3.36. The highest BCUT2D eigenvalue weighted by molar-refractivity contribution is 6.04. The molecule has 0 aliphatic heterocycles. The number of hydrogen-bond acceptors (Lipinski definition) is 3. The molecule has 2 aromatic rings. The zero-order valence-electron chi connectivity index (χ0n) is 11.6. The van der Waals surface area contributed by atoms with Gasteiger partial charge < -0.3 is 14.8 Å². The van der Waals surface area contributed by atoms with Crippen molar-refractivity contribution in [3.63, 3.8) is 0 Å². The molecule has 20 heavy (non-hydrogen) atoms. The van der Waals surface area contributed by atoms with Gasteiger partial charge in [-0.1, -0.05) is 11.6 Å². The zero-order valence-corrected chi connectivity index (χ0v) is 11.6. The summed E-state index contributed by atoms with van der Waals surface area (Å²) < 4.78 is 1.88. The smallest absolute Gasteiger partial charge is 0.179 e. The molecule has 0 unspecified atom stereocenters.